The number of hydrogen-bond donors (Lipinski definition) is 1. The molecular formula is C19H20N2O3. The third kappa shape index (κ3) is 3.93. The van der Waals surface area contributed by atoms with Crippen LogP contribution in [-0.2, 0) is 11.2 Å². The molecule has 5 nitrogen and oxygen atoms in total. The van der Waals surface area contributed by atoms with Gasteiger partial charge in [0.05, 0.1) is 0 Å². The average molecular weight is 324 g/mol. The number of nitrogens with one attached hydrogen (secondary N) is 1. The molecule has 1 atom stereocenters. The summed E-state index contributed by atoms with van der Waals surface area (Å²) in [4.78, 5) is 12.3. The number of fused-ring (bicyclic) bond motifs is 1. The van der Waals surface area contributed by atoms with Crippen LogP contribution in [0, 0.1) is 0 Å². The van der Waals surface area contributed by atoms with E-state index in [1.807, 2.05) is 55.5 Å². The highest BCUT2D eigenvalue weighted by Gasteiger charge is 2.27. The number of para-hydroxylation sites is 2. The van der Waals surface area contributed by atoms with Crippen molar-refractivity contribution < 1.29 is 14.3 Å². The van der Waals surface area contributed by atoms with E-state index in [1.165, 1.54) is 5.56 Å². The zero-order valence-corrected chi connectivity index (χ0v) is 13.6. The summed E-state index contributed by atoms with van der Waals surface area (Å²) in [5.41, 5.74) is 4.67. The molecule has 2 aromatic carbocycles. The Bertz CT molecular complexity index is 728. The van der Waals surface area contributed by atoms with Gasteiger partial charge < -0.3 is 9.47 Å². The number of amides is 1. The Morgan fingerprint density at radius 2 is 1.83 bits per heavy atom. The first-order valence-corrected chi connectivity index (χ1v) is 8.04. The molecule has 0 bridgehead atoms. The summed E-state index contributed by atoms with van der Waals surface area (Å²) in [5, 5.41) is 4.25. The minimum absolute atomic E-state index is 0.179. The number of hydrogen-bond acceptors (Lipinski definition) is 4. The first-order valence-electron chi connectivity index (χ1n) is 8.04. The van der Waals surface area contributed by atoms with E-state index >= 15 is 0 Å². The molecule has 124 valence electrons. The lowest BCUT2D eigenvalue weighted by Gasteiger charge is -2.24. The molecular weight excluding hydrogens is 304 g/mol. The first kappa shape index (κ1) is 16.1. The summed E-state index contributed by atoms with van der Waals surface area (Å²) in [5.74, 6) is 0.930. The van der Waals surface area contributed by atoms with Gasteiger partial charge in [0.2, 0.25) is 6.10 Å². The van der Waals surface area contributed by atoms with Crippen molar-refractivity contribution in [3.63, 3.8) is 0 Å². The second-order valence-electron chi connectivity index (χ2n) is 5.53. The van der Waals surface area contributed by atoms with Crippen LogP contribution in [0.2, 0.25) is 0 Å². The van der Waals surface area contributed by atoms with Crippen molar-refractivity contribution in [2.45, 2.75) is 25.9 Å². The zero-order chi connectivity index (χ0) is 16.8. The molecule has 24 heavy (non-hydrogen) atoms. The molecule has 1 aliphatic heterocycles. The van der Waals surface area contributed by atoms with Gasteiger partial charge in [-0.05, 0) is 24.1 Å². The molecule has 0 aliphatic carbocycles. The molecule has 1 heterocycles. The third-order valence-corrected chi connectivity index (χ3v) is 3.78. The Kier molecular flexibility index (Phi) is 5.11. The van der Waals surface area contributed by atoms with Gasteiger partial charge in [-0.3, -0.25) is 4.79 Å². The molecule has 5 heteroatoms. The predicted molar refractivity (Wildman–Crippen MR) is 92.4 cm³/mol. The molecule has 0 unspecified atom stereocenters. The van der Waals surface area contributed by atoms with Crippen LogP contribution >= 0.6 is 0 Å². The maximum Gasteiger partial charge on any atom is 0.284 e. The van der Waals surface area contributed by atoms with E-state index in [0.717, 1.165) is 12.1 Å². The summed E-state index contributed by atoms with van der Waals surface area (Å²) >= 11 is 0. The third-order valence-electron chi connectivity index (χ3n) is 3.78. The van der Waals surface area contributed by atoms with Gasteiger partial charge in [-0.15, -0.1) is 0 Å². The lowest BCUT2D eigenvalue weighted by atomic mass is 10.1. The Hall–Kier alpha value is -2.82. The van der Waals surface area contributed by atoms with Gasteiger partial charge in [-0.2, -0.15) is 5.10 Å². The minimum atomic E-state index is -0.696. The number of rotatable bonds is 5. The van der Waals surface area contributed by atoms with Gasteiger partial charge in [0.25, 0.3) is 5.91 Å². The van der Waals surface area contributed by atoms with E-state index in [2.05, 4.69) is 10.5 Å². The highest BCUT2D eigenvalue weighted by molar-refractivity contribution is 5.89. The van der Waals surface area contributed by atoms with E-state index in [-0.39, 0.29) is 12.5 Å². The van der Waals surface area contributed by atoms with Crippen molar-refractivity contribution in [3.05, 3.63) is 60.2 Å². The first-order chi connectivity index (χ1) is 11.8. The fraction of sp³-hybridized carbons (Fsp3) is 0.263. The van der Waals surface area contributed by atoms with Crippen LogP contribution in [0.15, 0.2) is 59.7 Å². The summed E-state index contributed by atoms with van der Waals surface area (Å²) in [6.45, 7) is 2.20. The monoisotopic (exact) mass is 324 g/mol. The van der Waals surface area contributed by atoms with E-state index in [1.54, 1.807) is 6.07 Å². The number of carbonyl (C=O) groups excluding carboxylic acids is 1. The van der Waals surface area contributed by atoms with E-state index in [4.69, 9.17) is 9.47 Å². The highest BCUT2D eigenvalue weighted by atomic mass is 16.6. The molecule has 0 saturated carbocycles. The molecule has 0 spiro atoms. The maximum absolute atomic E-state index is 12.3. The lowest BCUT2D eigenvalue weighted by molar-refractivity contribution is -0.130. The van der Waals surface area contributed by atoms with Crippen LogP contribution in [0.4, 0.5) is 0 Å². The summed E-state index contributed by atoms with van der Waals surface area (Å²) in [6, 6.07) is 17.4. The van der Waals surface area contributed by atoms with Crippen molar-refractivity contribution in [1.29, 1.82) is 0 Å². The Morgan fingerprint density at radius 1 is 1.12 bits per heavy atom. The predicted octanol–water partition coefficient (Wildman–Crippen LogP) is 2.95. The maximum atomic E-state index is 12.3. The molecule has 0 radical (unpaired) electrons. The summed E-state index contributed by atoms with van der Waals surface area (Å²) in [6.07, 6.45) is 0.779. The number of benzene rings is 2. The van der Waals surface area contributed by atoms with Gasteiger partial charge in [-0.1, -0.05) is 49.4 Å². The van der Waals surface area contributed by atoms with Crippen LogP contribution in [0.3, 0.4) is 0 Å². The summed E-state index contributed by atoms with van der Waals surface area (Å²) < 4.78 is 11.2. The number of hydrazone groups is 1. The smallest absolute Gasteiger partial charge is 0.284 e. The van der Waals surface area contributed by atoms with Gasteiger partial charge in [0.15, 0.2) is 11.5 Å². The molecule has 1 amide bonds. The second-order valence-corrected chi connectivity index (χ2v) is 5.53. The fourth-order valence-electron chi connectivity index (χ4n) is 2.43. The standard InChI is InChI=1S/C19H20N2O3/c1-2-15(12-14-8-4-3-5-9-14)20-21-19(22)18-13-23-16-10-6-7-11-17(16)24-18/h3-11,18H,2,12-13H2,1H3,(H,21,22)/b20-15-/t18-/m0/s1. The molecule has 0 saturated heterocycles. The number of nitrogens with zero attached hydrogens (tertiary/aromatic N) is 1. The topological polar surface area (TPSA) is 59.9 Å². The van der Waals surface area contributed by atoms with Crippen molar-refractivity contribution in [2.75, 3.05) is 6.61 Å². The summed E-state index contributed by atoms with van der Waals surface area (Å²) in [7, 11) is 0. The molecule has 2 aromatic rings. The van der Waals surface area contributed by atoms with Crippen molar-refractivity contribution in [3.8, 4) is 11.5 Å². The van der Waals surface area contributed by atoms with Crippen LogP contribution in [0.5, 0.6) is 11.5 Å². The molecule has 1 aliphatic rings. The molecule has 0 fully saturated rings. The van der Waals surface area contributed by atoms with Gasteiger partial charge in [0, 0.05) is 12.1 Å². The van der Waals surface area contributed by atoms with Crippen LogP contribution < -0.4 is 14.9 Å². The van der Waals surface area contributed by atoms with E-state index < -0.39 is 6.10 Å². The Labute approximate surface area is 141 Å². The molecule has 1 N–H and O–H groups in total. The molecule has 3 rings (SSSR count). The van der Waals surface area contributed by atoms with Crippen molar-refractivity contribution in [1.82, 2.24) is 5.43 Å². The Morgan fingerprint density at radius 3 is 2.58 bits per heavy atom. The SMILES string of the molecule is CC/C(Cc1ccccc1)=N/NC(=O)[C@@H]1COc2ccccc2O1. The Balaban J connectivity index is 1.60. The van der Waals surface area contributed by atoms with Gasteiger partial charge in [-0.25, -0.2) is 5.43 Å². The number of ether oxygens (including phenoxy) is 2. The normalized spacial score (nSPS) is 16.5. The average Bonchev–Trinajstić information content (AvgIpc) is 2.65. The van der Waals surface area contributed by atoms with Crippen LogP contribution in [-0.4, -0.2) is 24.3 Å². The largest absolute Gasteiger partial charge is 0.485 e. The highest BCUT2D eigenvalue weighted by Crippen LogP contribution is 2.30. The van der Waals surface area contributed by atoms with Crippen molar-refractivity contribution in [2.24, 2.45) is 5.10 Å². The van der Waals surface area contributed by atoms with Gasteiger partial charge in [0.1, 0.15) is 6.61 Å². The minimum Gasteiger partial charge on any atom is -0.485 e. The quantitative estimate of drug-likeness (QED) is 0.679. The zero-order valence-electron chi connectivity index (χ0n) is 13.6. The fourth-order valence-corrected chi connectivity index (χ4v) is 2.43. The number of carbonyl (C=O) groups is 1. The van der Waals surface area contributed by atoms with E-state index in [0.29, 0.717) is 17.9 Å². The lowest BCUT2D eigenvalue weighted by Crippen LogP contribution is -2.42. The van der Waals surface area contributed by atoms with Gasteiger partial charge >= 0.3 is 0 Å². The van der Waals surface area contributed by atoms with Crippen LogP contribution in [0.1, 0.15) is 18.9 Å². The second kappa shape index (κ2) is 7.64. The van der Waals surface area contributed by atoms with E-state index in [9.17, 15) is 4.79 Å². The molecule has 0 aromatic heterocycles. The van der Waals surface area contributed by atoms with Crippen molar-refractivity contribution >= 4 is 11.6 Å². The van der Waals surface area contributed by atoms with Crippen LogP contribution in [0.25, 0.3) is 0 Å².